The van der Waals surface area contributed by atoms with E-state index in [1.54, 1.807) is 18.3 Å². The van der Waals surface area contributed by atoms with E-state index in [0.717, 1.165) is 22.0 Å². The van der Waals surface area contributed by atoms with Gasteiger partial charge >= 0.3 is 0 Å². The minimum atomic E-state index is -0.432. The number of nitrogens with one attached hydrogen (secondary N) is 1. The van der Waals surface area contributed by atoms with Crippen molar-refractivity contribution in [1.29, 1.82) is 0 Å². The molecule has 0 radical (unpaired) electrons. The molecule has 0 atom stereocenters. The Morgan fingerprint density at radius 3 is 2.73 bits per heavy atom. The third-order valence-corrected chi connectivity index (χ3v) is 3.51. The summed E-state index contributed by atoms with van der Waals surface area (Å²) in [5, 5.41) is 3.72. The van der Waals surface area contributed by atoms with E-state index < -0.39 is 5.82 Å². The zero-order valence-electron chi connectivity index (χ0n) is 12.4. The van der Waals surface area contributed by atoms with Gasteiger partial charge in [0, 0.05) is 17.1 Å². The van der Waals surface area contributed by atoms with Crippen LogP contribution in [0, 0.1) is 19.7 Å². The molecule has 1 heterocycles. The van der Waals surface area contributed by atoms with Crippen LogP contribution in [0.15, 0.2) is 48.7 Å². The summed E-state index contributed by atoms with van der Waals surface area (Å²) in [6.07, 6.45) is 1.66. The van der Waals surface area contributed by atoms with Crippen molar-refractivity contribution >= 4 is 22.5 Å². The van der Waals surface area contributed by atoms with E-state index in [4.69, 9.17) is 0 Å². The fourth-order valence-corrected chi connectivity index (χ4v) is 2.55. The largest absolute Gasteiger partial charge is 0.321 e. The summed E-state index contributed by atoms with van der Waals surface area (Å²) in [4.78, 5) is 16.6. The Hall–Kier alpha value is -2.75. The van der Waals surface area contributed by atoms with E-state index in [-0.39, 0.29) is 11.5 Å². The van der Waals surface area contributed by atoms with Gasteiger partial charge in [-0.2, -0.15) is 0 Å². The molecule has 0 saturated carbocycles. The van der Waals surface area contributed by atoms with Gasteiger partial charge in [0.15, 0.2) is 0 Å². The highest BCUT2D eigenvalue weighted by Gasteiger charge is 2.10. The molecule has 3 rings (SSSR count). The number of fused-ring (bicyclic) bond motifs is 1. The molecule has 0 aliphatic heterocycles. The van der Waals surface area contributed by atoms with Crippen LogP contribution in [0.25, 0.3) is 10.9 Å². The van der Waals surface area contributed by atoms with E-state index >= 15 is 0 Å². The number of halogens is 1. The van der Waals surface area contributed by atoms with E-state index in [1.165, 1.54) is 18.2 Å². The highest BCUT2D eigenvalue weighted by molar-refractivity contribution is 6.08. The third-order valence-electron chi connectivity index (χ3n) is 3.51. The van der Waals surface area contributed by atoms with Gasteiger partial charge in [-0.1, -0.05) is 17.7 Å². The fourth-order valence-electron chi connectivity index (χ4n) is 2.55. The second-order valence-electron chi connectivity index (χ2n) is 5.30. The summed E-state index contributed by atoms with van der Waals surface area (Å²) in [5.41, 5.74) is 3.96. The lowest BCUT2D eigenvalue weighted by molar-refractivity contribution is 0.102. The SMILES string of the molecule is Cc1cc(C)c2nccc(NC(=O)c3cccc(F)c3)c2c1. The van der Waals surface area contributed by atoms with Crippen LogP contribution >= 0.6 is 0 Å². The van der Waals surface area contributed by atoms with Gasteiger partial charge in [0.25, 0.3) is 5.91 Å². The maximum Gasteiger partial charge on any atom is 0.255 e. The summed E-state index contributed by atoms with van der Waals surface area (Å²) in [5.74, 6) is -0.773. The molecule has 1 N–H and O–H groups in total. The van der Waals surface area contributed by atoms with Crippen molar-refractivity contribution in [2.75, 3.05) is 5.32 Å². The Morgan fingerprint density at radius 1 is 1.14 bits per heavy atom. The number of hydrogen-bond donors (Lipinski definition) is 1. The average molecular weight is 294 g/mol. The van der Waals surface area contributed by atoms with Crippen molar-refractivity contribution in [3.8, 4) is 0 Å². The Balaban J connectivity index is 2.02. The quantitative estimate of drug-likeness (QED) is 0.768. The van der Waals surface area contributed by atoms with Gasteiger partial charge in [-0.3, -0.25) is 9.78 Å². The van der Waals surface area contributed by atoms with Gasteiger partial charge in [-0.05, 0) is 49.7 Å². The van der Waals surface area contributed by atoms with Crippen molar-refractivity contribution < 1.29 is 9.18 Å². The second kappa shape index (κ2) is 5.56. The van der Waals surface area contributed by atoms with Gasteiger partial charge in [0.05, 0.1) is 11.2 Å². The van der Waals surface area contributed by atoms with Crippen LogP contribution in [0.4, 0.5) is 10.1 Å². The predicted molar refractivity (Wildman–Crippen MR) is 85.6 cm³/mol. The zero-order chi connectivity index (χ0) is 15.7. The number of benzene rings is 2. The van der Waals surface area contributed by atoms with Crippen molar-refractivity contribution in [1.82, 2.24) is 4.98 Å². The topological polar surface area (TPSA) is 42.0 Å². The van der Waals surface area contributed by atoms with E-state index in [1.807, 2.05) is 26.0 Å². The first kappa shape index (κ1) is 14.2. The Kier molecular flexibility index (Phi) is 3.59. The first-order valence-electron chi connectivity index (χ1n) is 6.97. The van der Waals surface area contributed by atoms with Crippen LogP contribution in [0.1, 0.15) is 21.5 Å². The molecule has 1 amide bonds. The molecule has 0 bridgehead atoms. The maximum absolute atomic E-state index is 13.2. The molecule has 1 aromatic heterocycles. The molecule has 110 valence electrons. The highest BCUT2D eigenvalue weighted by Crippen LogP contribution is 2.26. The summed E-state index contributed by atoms with van der Waals surface area (Å²) in [6, 6.07) is 11.4. The summed E-state index contributed by atoms with van der Waals surface area (Å²) in [6.45, 7) is 3.98. The molecule has 0 spiro atoms. The van der Waals surface area contributed by atoms with E-state index in [0.29, 0.717) is 5.69 Å². The number of nitrogens with zero attached hydrogens (tertiary/aromatic N) is 1. The number of anilines is 1. The third kappa shape index (κ3) is 2.68. The first-order valence-corrected chi connectivity index (χ1v) is 6.97. The van der Waals surface area contributed by atoms with Crippen LogP contribution in [0.2, 0.25) is 0 Å². The number of rotatable bonds is 2. The molecule has 0 aliphatic carbocycles. The minimum Gasteiger partial charge on any atom is -0.321 e. The number of aromatic nitrogens is 1. The molecule has 4 heteroatoms. The van der Waals surface area contributed by atoms with Gasteiger partial charge < -0.3 is 5.32 Å². The number of carbonyl (C=O) groups is 1. The van der Waals surface area contributed by atoms with Gasteiger partial charge in [-0.25, -0.2) is 4.39 Å². The second-order valence-corrected chi connectivity index (χ2v) is 5.30. The van der Waals surface area contributed by atoms with Gasteiger partial charge in [0.2, 0.25) is 0 Å². The van der Waals surface area contributed by atoms with Crippen molar-refractivity contribution in [2.45, 2.75) is 13.8 Å². The molecular formula is C18H15FN2O. The molecule has 3 aromatic rings. The number of amides is 1. The molecule has 2 aromatic carbocycles. The number of aryl methyl sites for hydroxylation is 2. The van der Waals surface area contributed by atoms with Gasteiger partial charge in [0.1, 0.15) is 5.82 Å². The number of hydrogen-bond acceptors (Lipinski definition) is 2. The first-order chi connectivity index (χ1) is 10.5. The Bertz CT molecular complexity index is 874. The lowest BCUT2D eigenvalue weighted by Crippen LogP contribution is -2.12. The molecule has 0 aliphatic rings. The van der Waals surface area contributed by atoms with Gasteiger partial charge in [-0.15, -0.1) is 0 Å². The molecule has 0 saturated heterocycles. The van der Waals surface area contributed by atoms with Crippen molar-refractivity contribution in [3.05, 3.63) is 71.2 Å². The van der Waals surface area contributed by atoms with E-state index in [9.17, 15) is 9.18 Å². The van der Waals surface area contributed by atoms with Crippen LogP contribution in [-0.2, 0) is 0 Å². The molecule has 0 fully saturated rings. The predicted octanol–water partition coefficient (Wildman–Crippen LogP) is 4.24. The summed E-state index contributed by atoms with van der Waals surface area (Å²) in [7, 11) is 0. The lowest BCUT2D eigenvalue weighted by atomic mass is 10.1. The highest BCUT2D eigenvalue weighted by atomic mass is 19.1. The minimum absolute atomic E-state index is 0.286. The standard InChI is InChI=1S/C18H15FN2O/c1-11-8-12(2)17-15(9-11)16(6-7-20-17)21-18(22)13-4-3-5-14(19)10-13/h3-10H,1-2H3,(H,20,21,22). The number of carbonyl (C=O) groups excluding carboxylic acids is 1. The monoisotopic (exact) mass is 294 g/mol. The molecule has 22 heavy (non-hydrogen) atoms. The maximum atomic E-state index is 13.2. The average Bonchev–Trinajstić information content (AvgIpc) is 2.48. The fraction of sp³-hybridized carbons (Fsp3) is 0.111. The van der Waals surface area contributed by atoms with Crippen LogP contribution in [-0.4, -0.2) is 10.9 Å². The van der Waals surface area contributed by atoms with Crippen LogP contribution in [0.3, 0.4) is 0 Å². The number of pyridine rings is 1. The van der Waals surface area contributed by atoms with Crippen LogP contribution in [0.5, 0.6) is 0 Å². The van der Waals surface area contributed by atoms with Crippen molar-refractivity contribution in [2.24, 2.45) is 0 Å². The van der Waals surface area contributed by atoms with Crippen molar-refractivity contribution in [3.63, 3.8) is 0 Å². The van der Waals surface area contributed by atoms with E-state index in [2.05, 4.69) is 10.3 Å². The Morgan fingerprint density at radius 2 is 1.95 bits per heavy atom. The lowest BCUT2D eigenvalue weighted by Gasteiger charge is -2.10. The Labute approximate surface area is 127 Å². The summed E-state index contributed by atoms with van der Waals surface area (Å²) >= 11 is 0. The smallest absolute Gasteiger partial charge is 0.255 e. The molecule has 0 unspecified atom stereocenters. The zero-order valence-corrected chi connectivity index (χ0v) is 12.4. The normalized spacial score (nSPS) is 10.7. The summed E-state index contributed by atoms with van der Waals surface area (Å²) < 4.78 is 13.2. The molecular weight excluding hydrogens is 279 g/mol. The van der Waals surface area contributed by atoms with Crippen LogP contribution < -0.4 is 5.32 Å². The molecule has 3 nitrogen and oxygen atoms in total.